The highest BCUT2D eigenvalue weighted by atomic mass is 32.1. The Balaban J connectivity index is 2.25. The lowest BCUT2D eigenvalue weighted by molar-refractivity contribution is 0.450. The van der Waals surface area contributed by atoms with Crippen molar-refractivity contribution in [1.29, 1.82) is 0 Å². The molecule has 5 heteroatoms. The molecule has 1 N–H and O–H groups in total. The number of aryl methyl sites for hydroxylation is 1. The molecule has 0 radical (unpaired) electrons. The van der Waals surface area contributed by atoms with E-state index >= 15 is 0 Å². The van der Waals surface area contributed by atoms with Crippen LogP contribution in [0.25, 0.3) is 0 Å². The van der Waals surface area contributed by atoms with Crippen LogP contribution in [0.4, 0.5) is 0 Å². The van der Waals surface area contributed by atoms with Gasteiger partial charge in [-0.1, -0.05) is 16.4 Å². The summed E-state index contributed by atoms with van der Waals surface area (Å²) in [6, 6.07) is 5.02. The number of hydrogen-bond acceptors (Lipinski definition) is 5. The van der Waals surface area contributed by atoms with Crippen LogP contribution in [0.3, 0.4) is 0 Å². The van der Waals surface area contributed by atoms with Gasteiger partial charge < -0.3 is 9.84 Å². The quantitative estimate of drug-likeness (QED) is 0.823. The standard InChI is InChI=1S/C9H8N2O2S/c1-6-2-7(12)4-8(3-6)13-9-11-10-5-14-9/h2-5,12H,1H3. The van der Waals surface area contributed by atoms with Gasteiger partial charge in [0.05, 0.1) is 0 Å². The van der Waals surface area contributed by atoms with Crippen LogP contribution in [0.2, 0.25) is 0 Å². The van der Waals surface area contributed by atoms with E-state index in [9.17, 15) is 5.11 Å². The average molecular weight is 208 g/mol. The Morgan fingerprint density at radius 2 is 2.21 bits per heavy atom. The Morgan fingerprint density at radius 3 is 2.86 bits per heavy atom. The largest absolute Gasteiger partial charge is 0.508 e. The molecular weight excluding hydrogens is 200 g/mol. The molecule has 2 rings (SSSR count). The Bertz CT molecular complexity index is 408. The Hall–Kier alpha value is -1.62. The number of hydrogen-bond donors (Lipinski definition) is 1. The molecule has 1 aromatic carbocycles. The molecule has 1 heterocycles. The molecule has 72 valence electrons. The van der Waals surface area contributed by atoms with E-state index in [0.717, 1.165) is 5.56 Å². The summed E-state index contributed by atoms with van der Waals surface area (Å²) in [5, 5.41) is 17.2. The van der Waals surface area contributed by atoms with Crippen LogP contribution in [0.1, 0.15) is 5.56 Å². The van der Waals surface area contributed by atoms with Crippen LogP contribution in [0.5, 0.6) is 16.7 Å². The number of phenolic OH excluding ortho intramolecular Hbond substituents is 1. The maximum absolute atomic E-state index is 9.31. The van der Waals surface area contributed by atoms with E-state index in [1.54, 1.807) is 11.6 Å². The second-order valence-electron chi connectivity index (χ2n) is 2.81. The zero-order valence-electron chi connectivity index (χ0n) is 7.47. The number of rotatable bonds is 2. The third-order valence-corrected chi connectivity index (χ3v) is 2.15. The highest BCUT2D eigenvalue weighted by Gasteiger charge is 2.02. The predicted octanol–water partition coefficient (Wildman–Crippen LogP) is 2.34. The number of aromatic hydroxyl groups is 1. The van der Waals surface area contributed by atoms with Gasteiger partial charge in [0.2, 0.25) is 0 Å². The molecule has 4 nitrogen and oxygen atoms in total. The van der Waals surface area contributed by atoms with Crippen molar-refractivity contribution in [2.24, 2.45) is 0 Å². The SMILES string of the molecule is Cc1cc(O)cc(Oc2nncs2)c1. The lowest BCUT2D eigenvalue weighted by Crippen LogP contribution is -1.84. The van der Waals surface area contributed by atoms with Gasteiger partial charge in [-0.2, -0.15) is 0 Å². The Morgan fingerprint density at radius 1 is 1.36 bits per heavy atom. The second-order valence-corrected chi connectivity index (χ2v) is 3.61. The van der Waals surface area contributed by atoms with Crippen LogP contribution in [-0.4, -0.2) is 15.3 Å². The number of ether oxygens (including phenoxy) is 1. The minimum atomic E-state index is 0.185. The van der Waals surface area contributed by atoms with Crippen molar-refractivity contribution in [2.75, 3.05) is 0 Å². The number of benzene rings is 1. The molecule has 0 aliphatic carbocycles. The summed E-state index contributed by atoms with van der Waals surface area (Å²) in [5.41, 5.74) is 2.52. The van der Waals surface area contributed by atoms with E-state index in [2.05, 4.69) is 10.2 Å². The van der Waals surface area contributed by atoms with Gasteiger partial charge in [0.1, 0.15) is 17.0 Å². The Labute approximate surface area is 84.8 Å². The van der Waals surface area contributed by atoms with Gasteiger partial charge in [-0.05, 0) is 24.6 Å². The van der Waals surface area contributed by atoms with Crippen molar-refractivity contribution in [3.8, 4) is 16.7 Å². The van der Waals surface area contributed by atoms with Crippen molar-refractivity contribution in [3.05, 3.63) is 29.3 Å². The van der Waals surface area contributed by atoms with E-state index in [1.807, 2.05) is 13.0 Å². The average Bonchev–Trinajstić information content (AvgIpc) is 2.54. The fourth-order valence-electron chi connectivity index (χ4n) is 1.10. The first-order valence-electron chi connectivity index (χ1n) is 3.99. The van der Waals surface area contributed by atoms with Gasteiger partial charge in [-0.15, -0.1) is 5.10 Å². The number of aromatic nitrogens is 2. The molecule has 0 saturated heterocycles. The normalized spacial score (nSPS) is 10.1. The van der Waals surface area contributed by atoms with Crippen molar-refractivity contribution in [2.45, 2.75) is 6.92 Å². The molecule has 0 aliphatic rings. The van der Waals surface area contributed by atoms with Crippen molar-refractivity contribution >= 4 is 11.3 Å². The highest BCUT2D eigenvalue weighted by Crippen LogP contribution is 2.26. The summed E-state index contributed by atoms with van der Waals surface area (Å²) in [7, 11) is 0. The monoisotopic (exact) mass is 208 g/mol. The molecule has 0 unspecified atom stereocenters. The van der Waals surface area contributed by atoms with Crippen LogP contribution >= 0.6 is 11.3 Å². The summed E-state index contributed by atoms with van der Waals surface area (Å²) in [5.74, 6) is 0.753. The number of nitrogens with zero attached hydrogens (tertiary/aromatic N) is 2. The first kappa shape index (κ1) is 8.96. The molecule has 0 aliphatic heterocycles. The molecule has 0 spiro atoms. The summed E-state index contributed by atoms with van der Waals surface area (Å²) < 4.78 is 5.36. The molecule has 0 bridgehead atoms. The van der Waals surface area contributed by atoms with Gasteiger partial charge in [0, 0.05) is 6.07 Å². The van der Waals surface area contributed by atoms with Crippen molar-refractivity contribution < 1.29 is 9.84 Å². The minimum absolute atomic E-state index is 0.185. The minimum Gasteiger partial charge on any atom is -0.508 e. The molecule has 0 atom stereocenters. The van der Waals surface area contributed by atoms with E-state index in [-0.39, 0.29) is 5.75 Å². The van der Waals surface area contributed by atoms with E-state index in [1.165, 1.54) is 17.4 Å². The molecule has 0 fully saturated rings. The molecule has 0 saturated carbocycles. The molecule has 14 heavy (non-hydrogen) atoms. The first-order valence-corrected chi connectivity index (χ1v) is 4.87. The fourth-order valence-corrected chi connectivity index (χ4v) is 1.52. The van der Waals surface area contributed by atoms with Crippen molar-refractivity contribution in [3.63, 3.8) is 0 Å². The van der Waals surface area contributed by atoms with Gasteiger partial charge in [-0.3, -0.25) is 0 Å². The fraction of sp³-hybridized carbons (Fsp3) is 0.111. The zero-order chi connectivity index (χ0) is 9.97. The summed E-state index contributed by atoms with van der Waals surface area (Å²) in [4.78, 5) is 0. The number of phenols is 1. The second kappa shape index (κ2) is 3.63. The smallest absolute Gasteiger partial charge is 0.299 e. The maximum Gasteiger partial charge on any atom is 0.299 e. The van der Waals surface area contributed by atoms with E-state index in [0.29, 0.717) is 10.9 Å². The van der Waals surface area contributed by atoms with Crippen molar-refractivity contribution in [1.82, 2.24) is 10.2 Å². The van der Waals surface area contributed by atoms with Crippen LogP contribution in [-0.2, 0) is 0 Å². The first-order chi connectivity index (χ1) is 6.74. The Kier molecular flexibility index (Phi) is 2.32. The zero-order valence-corrected chi connectivity index (χ0v) is 8.28. The lowest BCUT2D eigenvalue weighted by Gasteiger charge is -2.02. The highest BCUT2D eigenvalue weighted by molar-refractivity contribution is 7.11. The predicted molar refractivity (Wildman–Crippen MR) is 52.8 cm³/mol. The summed E-state index contributed by atoms with van der Waals surface area (Å²) >= 11 is 1.30. The van der Waals surface area contributed by atoms with Gasteiger partial charge >= 0.3 is 0 Å². The lowest BCUT2D eigenvalue weighted by atomic mass is 10.2. The summed E-state index contributed by atoms with van der Waals surface area (Å²) in [6.45, 7) is 1.88. The molecular formula is C9H8N2O2S. The van der Waals surface area contributed by atoms with Crippen LogP contribution in [0, 0.1) is 6.92 Å². The van der Waals surface area contributed by atoms with E-state index in [4.69, 9.17) is 4.74 Å². The van der Waals surface area contributed by atoms with Gasteiger partial charge in [0.25, 0.3) is 5.19 Å². The van der Waals surface area contributed by atoms with Crippen LogP contribution < -0.4 is 4.74 Å². The summed E-state index contributed by atoms with van der Waals surface area (Å²) in [6.07, 6.45) is 0. The van der Waals surface area contributed by atoms with E-state index < -0.39 is 0 Å². The maximum atomic E-state index is 9.31. The third kappa shape index (κ3) is 2.00. The van der Waals surface area contributed by atoms with Gasteiger partial charge in [0.15, 0.2) is 0 Å². The molecule has 2 aromatic rings. The topological polar surface area (TPSA) is 55.2 Å². The van der Waals surface area contributed by atoms with Gasteiger partial charge in [-0.25, -0.2) is 0 Å². The molecule has 0 amide bonds. The third-order valence-electron chi connectivity index (χ3n) is 1.58. The van der Waals surface area contributed by atoms with Crippen LogP contribution in [0.15, 0.2) is 23.7 Å². The molecule has 1 aromatic heterocycles.